The maximum atomic E-state index is 16.0. The van der Waals surface area contributed by atoms with Crippen LogP contribution < -0.4 is 9.64 Å². The quantitative estimate of drug-likeness (QED) is 0.206. The zero-order chi connectivity index (χ0) is 29.0. The smallest absolute Gasteiger partial charge is 0.309 e. The second-order valence-electron chi connectivity index (χ2n) is 10.3. The van der Waals surface area contributed by atoms with Gasteiger partial charge in [0.15, 0.2) is 0 Å². The number of hydrogen-bond acceptors (Lipinski definition) is 6. The second-order valence-corrected chi connectivity index (χ2v) is 11.4. The number of aromatic nitrogens is 1. The van der Waals surface area contributed by atoms with Crippen LogP contribution in [0.2, 0.25) is 0 Å². The van der Waals surface area contributed by atoms with Gasteiger partial charge in [-0.25, -0.2) is 17.6 Å². The molecule has 0 radical (unpaired) electrons. The molecule has 1 aliphatic heterocycles. The fourth-order valence-electron chi connectivity index (χ4n) is 5.26. The lowest BCUT2D eigenvalue weighted by atomic mass is 9.74. The Labute approximate surface area is 235 Å². The van der Waals surface area contributed by atoms with Gasteiger partial charge in [0.25, 0.3) is 0 Å². The van der Waals surface area contributed by atoms with E-state index >= 15 is 4.39 Å². The molecule has 40 heavy (non-hydrogen) atoms. The van der Waals surface area contributed by atoms with E-state index in [0.717, 1.165) is 11.8 Å². The Morgan fingerprint density at radius 2 is 1.85 bits per heavy atom. The summed E-state index contributed by atoms with van der Waals surface area (Å²) in [6.07, 6.45) is 1.08. The number of carbonyl (C=O) groups is 1. The third kappa shape index (κ3) is 6.46. The number of nitrogens with zero attached hydrogens (tertiary/aromatic N) is 3. The zero-order valence-corrected chi connectivity index (χ0v) is 23.5. The van der Waals surface area contributed by atoms with E-state index in [-0.39, 0.29) is 17.7 Å². The number of anilines is 1. The van der Waals surface area contributed by atoms with Gasteiger partial charge in [-0.15, -0.1) is 11.8 Å². The molecule has 0 saturated carbocycles. The number of benzene rings is 2. The van der Waals surface area contributed by atoms with Crippen molar-refractivity contribution in [3.05, 3.63) is 59.5 Å². The average molecular weight is 580 g/mol. The first-order valence-electron chi connectivity index (χ1n) is 13.1. The van der Waals surface area contributed by atoms with Gasteiger partial charge in [0.05, 0.1) is 34.8 Å². The van der Waals surface area contributed by atoms with Gasteiger partial charge in [0, 0.05) is 49.5 Å². The molecule has 1 saturated heterocycles. The summed E-state index contributed by atoms with van der Waals surface area (Å²) in [5.74, 6) is -2.85. The number of thioether (sulfide) groups is 1. The van der Waals surface area contributed by atoms with Crippen molar-refractivity contribution in [1.82, 2.24) is 9.88 Å². The van der Waals surface area contributed by atoms with Crippen LogP contribution in [0.15, 0.2) is 41.4 Å². The van der Waals surface area contributed by atoms with Crippen molar-refractivity contribution < 1.29 is 32.2 Å². The third-order valence-corrected chi connectivity index (χ3v) is 8.72. The lowest BCUT2D eigenvalue weighted by molar-refractivity contribution is -0.153. The molecule has 2 aromatic carbocycles. The van der Waals surface area contributed by atoms with E-state index in [1.165, 1.54) is 7.11 Å². The highest BCUT2D eigenvalue weighted by atomic mass is 32.2. The van der Waals surface area contributed by atoms with Crippen molar-refractivity contribution in [3.63, 3.8) is 0 Å². The van der Waals surface area contributed by atoms with Gasteiger partial charge in [0.2, 0.25) is 0 Å². The fraction of sp³-hybridized carbons (Fsp3) is 0.448. The van der Waals surface area contributed by atoms with Crippen molar-refractivity contribution in [3.8, 4) is 5.75 Å². The summed E-state index contributed by atoms with van der Waals surface area (Å²) in [7, 11) is 5.16. The summed E-state index contributed by atoms with van der Waals surface area (Å²) in [6.45, 7) is 1.42. The topological polar surface area (TPSA) is 65.9 Å². The van der Waals surface area contributed by atoms with Gasteiger partial charge in [-0.2, -0.15) is 0 Å². The van der Waals surface area contributed by atoms with Crippen molar-refractivity contribution >= 4 is 34.3 Å². The zero-order valence-electron chi connectivity index (χ0n) is 22.7. The summed E-state index contributed by atoms with van der Waals surface area (Å²) in [4.78, 5) is 20.5. The Morgan fingerprint density at radius 1 is 1.18 bits per heavy atom. The second kappa shape index (κ2) is 12.6. The third-order valence-electron chi connectivity index (χ3n) is 7.65. The summed E-state index contributed by atoms with van der Waals surface area (Å²) < 4.78 is 62.3. The number of carboxylic acids is 1. The van der Waals surface area contributed by atoms with Gasteiger partial charge in [-0.05, 0) is 57.0 Å². The molecule has 0 amide bonds. The molecule has 1 atom stereocenters. The first kappa shape index (κ1) is 29.9. The van der Waals surface area contributed by atoms with Gasteiger partial charge < -0.3 is 19.6 Å². The van der Waals surface area contributed by atoms with E-state index in [4.69, 9.17) is 4.74 Å². The van der Waals surface area contributed by atoms with Gasteiger partial charge in [-0.1, -0.05) is 0 Å². The number of methoxy groups -OCH3 is 1. The maximum absolute atomic E-state index is 16.0. The number of piperidine rings is 1. The molecule has 0 spiro atoms. The SMILES string of the molecule is COc1ccc2ncc(N(C)C)c([C@@H](F)CCC3(C(=O)O)CCN(CCSc4c(F)cc(F)cc4F)CC3)c2c1. The molecular weight excluding hydrogens is 546 g/mol. The Balaban J connectivity index is 1.41. The number of ether oxygens (including phenoxy) is 1. The monoisotopic (exact) mass is 579 g/mol. The van der Waals surface area contributed by atoms with Crippen LogP contribution in [0.5, 0.6) is 5.75 Å². The lowest BCUT2D eigenvalue weighted by Crippen LogP contribution is -2.45. The number of alkyl halides is 1. The molecule has 11 heteroatoms. The summed E-state index contributed by atoms with van der Waals surface area (Å²) >= 11 is 0.959. The summed E-state index contributed by atoms with van der Waals surface area (Å²) in [5, 5.41) is 10.8. The molecule has 0 unspecified atom stereocenters. The Hall–Kier alpha value is -3.05. The van der Waals surface area contributed by atoms with Gasteiger partial charge >= 0.3 is 5.97 Å². The molecule has 1 fully saturated rings. The number of likely N-dealkylation sites (tertiary alicyclic amines) is 1. The van der Waals surface area contributed by atoms with E-state index in [1.807, 2.05) is 19.0 Å². The van der Waals surface area contributed by atoms with Gasteiger partial charge in [0.1, 0.15) is 29.4 Å². The highest BCUT2D eigenvalue weighted by molar-refractivity contribution is 7.99. The Bertz CT molecular complexity index is 1340. The minimum atomic E-state index is -1.42. The van der Waals surface area contributed by atoms with E-state index in [0.29, 0.717) is 78.3 Å². The molecule has 0 bridgehead atoms. The number of hydrogen-bond donors (Lipinski definition) is 1. The minimum absolute atomic E-state index is 0.0302. The molecule has 1 aliphatic rings. The highest BCUT2D eigenvalue weighted by Crippen LogP contribution is 2.43. The molecule has 1 N–H and O–H groups in total. The van der Waals surface area contributed by atoms with Crippen LogP contribution in [0.25, 0.3) is 10.9 Å². The summed E-state index contributed by atoms with van der Waals surface area (Å²) in [5.41, 5.74) is 0.647. The van der Waals surface area contributed by atoms with E-state index in [1.54, 1.807) is 29.3 Å². The molecule has 6 nitrogen and oxygen atoms in total. The van der Waals surface area contributed by atoms with Crippen molar-refractivity contribution in [2.75, 3.05) is 51.5 Å². The van der Waals surface area contributed by atoms with E-state index in [2.05, 4.69) is 4.98 Å². The predicted molar refractivity (Wildman–Crippen MR) is 148 cm³/mol. The van der Waals surface area contributed by atoms with Crippen LogP contribution in [0.4, 0.5) is 23.2 Å². The number of carboxylic acid groups (broad SMARTS) is 1. The predicted octanol–water partition coefficient (Wildman–Crippen LogP) is 6.48. The molecule has 2 heterocycles. The number of aliphatic carboxylic acids is 1. The highest BCUT2D eigenvalue weighted by Gasteiger charge is 2.42. The Morgan fingerprint density at radius 3 is 2.45 bits per heavy atom. The molecule has 216 valence electrons. The molecular formula is C29H33F4N3O3S. The minimum Gasteiger partial charge on any atom is -0.497 e. The molecule has 0 aliphatic carbocycles. The number of fused-ring (bicyclic) bond motifs is 1. The molecule has 3 aromatic rings. The van der Waals surface area contributed by atoms with Crippen LogP contribution >= 0.6 is 11.8 Å². The fourth-order valence-corrected chi connectivity index (χ4v) is 6.21. The average Bonchev–Trinajstić information content (AvgIpc) is 2.92. The Kier molecular flexibility index (Phi) is 9.45. The number of rotatable bonds is 11. The standard InChI is InChI=1S/C29H33F4N3O3S/c1-35(2)25-17-34-24-5-4-19(39-3)16-20(24)26(25)21(31)6-7-29(28(37)38)8-10-36(11-9-29)12-13-40-27-22(32)14-18(30)15-23(27)33/h4-5,14-17,21H,6-13H2,1-3H3,(H,37,38)/t21-/m0/s1. The van der Waals surface area contributed by atoms with Crippen LogP contribution in [0.1, 0.15) is 37.4 Å². The molecule has 4 rings (SSSR count). The van der Waals surface area contributed by atoms with Crippen LogP contribution in [-0.4, -0.2) is 67.6 Å². The normalized spacial score (nSPS) is 16.2. The lowest BCUT2D eigenvalue weighted by Gasteiger charge is -2.39. The van der Waals surface area contributed by atoms with E-state index in [9.17, 15) is 23.1 Å². The van der Waals surface area contributed by atoms with Crippen LogP contribution in [0, 0.1) is 22.9 Å². The van der Waals surface area contributed by atoms with Crippen molar-refractivity contribution in [1.29, 1.82) is 0 Å². The van der Waals surface area contributed by atoms with E-state index < -0.39 is 35.0 Å². The summed E-state index contributed by atoms with van der Waals surface area (Å²) in [6, 6.07) is 6.59. The van der Waals surface area contributed by atoms with Crippen LogP contribution in [0.3, 0.4) is 0 Å². The van der Waals surface area contributed by atoms with Crippen molar-refractivity contribution in [2.45, 2.75) is 36.8 Å². The van der Waals surface area contributed by atoms with Crippen LogP contribution in [-0.2, 0) is 4.79 Å². The van der Waals surface area contributed by atoms with Gasteiger partial charge in [-0.3, -0.25) is 9.78 Å². The largest absolute Gasteiger partial charge is 0.497 e. The van der Waals surface area contributed by atoms with Crippen molar-refractivity contribution in [2.24, 2.45) is 5.41 Å². The first-order valence-corrected chi connectivity index (χ1v) is 14.0. The number of halogens is 4. The maximum Gasteiger partial charge on any atom is 0.309 e. The molecule has 1 aromatic heterocycles. The first-order chi connectivity index (χ1) is 19.0. The number of pyridine rings is 1.